The van der Waals surface area contributed by atoms with E-state index in [1.807, 2.05) is 0 Å². The van der Waals surface area contributed by atoms with Crippen molar-refractivity contribution in [2.45, 2.75) is 57.5 Å². The smallest absolute Gasteiger partial charge is 0.240 e. The number of carbonyl (C=O) groups excluding carboxylic acids is 1. The maximum atomic E-state index is 12.9. The Kier molecular flexibility index (Phi) is 4.98. The lowest BCUT2D eigenvalue weighted by Gasteiger charge is -2.34. The molecule has 126 valence electrons. The predicted molar refractivity (Wildman–Crippen MR) is 94.7 cm³/mol. The fraction of sp³-hybridized carbons (Fsp3) is 0.632. The Hall–Kier alpha value is -1.06. The van der Waals surface area contributed by atoms with Gasteiger partial charge in [0.1, 0.15) is 0 Å². The Balaban J connectivity index is 0.00000156. The largest absolute Gasteiger partial charge is 0.341 e. The molecule has 1 saturated carbocycles. The summed E-state index contributed by atoms with van der Waals surface area (Å²) in [6.45, 7) is 2.80. The maximum Gasteiger partial charge on any atom is 0.240 e. The fourth-order valence-corrected chi connectivity index (χ4v) is 4.68. The first kappa shape index (κ1) is 16.8. The Morgan fingerprint density at radius 3 is 2.61 bits per heavy atom. The van der Waals surface area contributed by atoms with Crippen molar-refractivity contribution in [2.24, 2.45) is 5.41 Å². The van der Waals surface area contributed by atoms with Gasteiger partial charge in [0.05, 0.1) is 6.04 Å². The molecule has 1 aromatic rings. The molecule has 1 N–H and O–H groups in total. The summed E-state index contributed by atoms with van der Waals surface area (Å²) in [7, 11) is 0. The number of fused-ring (bicyclic) bond motifs is 1. The molecular formula is C19H27ClN2O. The summed E-state index contributed by atoms with van der Waals surface area (Å²) < 4.78 is 0. The molecule has 1 unspecified atom stereocenters. The molecule has 1 saturated heterocycles. The highest BCUT2D eigenvalue weighted by atomic mass is 35.5. The molecule has 0 bridgehead atoms. The van der Waals surface area contributed by atoms with Crippen LogP contribution in [0.4, 0.5) is 0 Å². The molecule has 0 radical (unpaired) electrons. The van der Waals surface area contributed by atoms with Gasteiger partial charge in [-0.25, -0.2) is 0 Å². The monoisotopic (exact) mass is 334 g/mol. The average Bonchev–Trinajstić information content (AvgIpc) is 2.98. The van der Waals surface area contributed by atoms with Gasteiger partial charge in [-0.3, -0.25) is 4.79 Å². The van der Waals surface area contributed by atoms with Gasteiger partial charge in [-0.15, -0.1) is 12.4 Å². The molecule has 0 aromatic heterocycles. The molecule has 1 amide bonds. The van der Waals surface area contributed by atoms with Crippen molar-refractivity contribution in [3.63, 3.8) is 0 Å². The van der Waals surface area contributed by atoms with Gasteiger partial charge in [-0.2, -0.15) is 0 Å². The number of hydrogen-bond acceptors (Lipinski definition) is 2. The molecule has 1 aliphatic carbocycles. The minimum Gasteiger partial charge on any atom is -0.341 e. The molecule has 23 heavy (non-hydrogen) atoms. The highest BCUT2D eigenvalue weighted by Gasteiger charge is 2.42. The topological polar surface area (TPSA) is 32.3 Å². The van der Waals surface area contributed by atoms with Crippen LogP contribution in [0.25, 0.3) is 0 Å². The first-order valence-corrected chi connectivity index (χ1v) is 8.85. The van der Waals surface area contributed by atoms with E-state index in [1.54, 1.807) is 0 Å². The van der Waals surface area contributed by atoms with Gasteiger partial charge in [0.2, 0.25) is 5.91 Å². The summed E-state index contributed by atoms with van der Waals surface area (Å²) >= 11 is 0. The van der Waals surface area contributed by atoms with Gasteiger partial charge in [0, 0.05) is 19.6 Å². The second kappa shape index (κ2) is 6.82. The first-order valence-electron chi connectivity index (χ1n) is 8.85. The molecule has 4 heteroatoms. The van der Waals surface area contributed by atoms with Crippen LogP contribution in [0.3, 0.4) is 0 Å². The number of halogens is 1. The Bertz CT molecular complexity index is 568. The second-order valence-corrected chi connectivity index (χ2v) is 7.48. The summed E-state index contributed by atoms with van der Waals surface area (Å²) in [5.74, 6) is 0.331. The number of hydrogen-bond donors (Lipinski definition) is 1. The molecule has 3 nitrogen and oxygen atoms in total. The van der Waals surface area contributed by atoms with Crippen LogP contribution >= 0.6 is 12.4 Å². The molecule has 2 heterocycles. The first-order chi connectivity index (χ1) is 10.8. The number of rotatable bonds is 1. The number of likely N-dealkylation sites (tertiary alicyclic amines) is 1. The van der Waals surface area contributed by atoms with Gasteiger partial charge in [-0.1, -0.05) is 43.5 Å². The number of carbonyl (C=O) groups is 1. The van der Waals surface area contributed by atoms with Crippen LogP contribution < -0.4 is 5.32 Å². The number of nitrogens with one attached hydrogen (secondary N) is 1. The van der Waals surface area contributed by atoms with Crippen LogP contribution in [0.2, 0.25) is 0 Å². The molecule has 4 rings (SSSR count). The Morgan fingerprint density at radius 2 is 1.83 bits per heavy atom. The SMILES string of the molecule is Cl.O=C(C1Cc2ccccc2CN1)N1CCC2(CCCCC2)C1. The van der Waals surface area contributed by atoms with E-state index in [1.165, 1.54) is 49.7 Å². The van der Waals surface area contributed by atoms with Crippen molar-refractivity contribution in [3.05, 3.63) is 35.4 Å². The van der Waals surface area contributed by atoms with Crippen LogP contribution in [0.15, 0.2) is 24.3 Å². The number of nitrogens with zero attached hydrogens (tertiary/aromatic N) is 1. The molecule has 1 atom stereocenters. The molecule has 1 aromatic carbocycles. The normalized spacial score (nSPS) is 25.7. The van der Waals surface area contributed by atoms with Gasteiger partial charge < -0.3 is 10.2 Å². The van der Waals surface area contributed by atoms with Crippen LogP contribution in [0, 0.1) is 5.41 Å². The van der Waals surface area contributed by atoms with Crippen molar-refractivity contribution in [3.8, 4) is 0 Å². The lowest BCUT2D eigenvalue weighted by Crippen LogP contribution is -2.49. The Labute approximate surface area is 145 Å². The standard InChI is InChI=1S/C19H26N2O.ClH/c22-18(17-12-15-6-2-3-7-16(15)13-20-17)21-11-10-19(14-21)8-4-1-5-9-19;/h2-3,6-7,17,20H,1,4-5,8-14H2;1H. The minimum absolute atomic E-state index is 0. The van der Waals surface area contributed by atoms with Gasteiger partial charge in [0.15, 0.2) is 0 Å². The zero-order valence-corrected chi connectivity index (χ0v) is 14.5. The number of benzene rings is 1. The zero-order valence-electron chi connectivity index (χ0n) is 13.7. The van der Waals surface area contributed by atoms with E-state index in [0.717, 1.165) is 26.1 Å². The third-order valence-corrected chi connectivity index (χ3v) is 6.04. The van der Waals surface area contributed by atoms with E-state index in [-0.39, 0.29) is 18.4 Å². The third-order valence-electron chi connectivity index (χ3n) is 6.04. The highest BCUT2D eigenvalue weighted by Crippen LogP contribution is 2.43. The van der Waals surface area contributed by atoms with Crippen molar-refractivity contribution < 1.29 is 4.79 Å². The molecule has 2 aliphatic heterocycles. The third kappa shape index (κ3) is 3.27. The van der Waals surface area contributed by atoms with Crippen LogP contribution in [-0.2, 0) is 17.8 Å². The molecular weight excluding hydrogens is 308 g/mol. The van der Waals surface area contributed by atoms with Crippen molar-refractivity contribution in [1.29, 1.82) is 0 Å². The summed E-state index contributed by atoms with van der Waals surface area (Å²) in [4.78, 5) is 15.0. The summed E-state index contributed by atoms with van der Waals surface area (Å²) in [5.41, 5.74) is 3.14. The summed E-state index contributed by atoms with van der Waals surface area (Å²) in [6.07, 6.45) is 8.83. The van der Waals surface area contributed by atoms with Crippen LogP contribution in [0.1, 0.15) is 49.7 Å². The van der Waals surface area contributed by atoms with Crippen molar-refractivity contribution >= 4 is 18.3 Å². The summed E-state index contributed by atoms with van der Waals surface area (Å²) in [5, 5.41) is 3.45. The van der Waals surface area contributed by atoms with E-state index in [9.17, 15) is 4.79 Å². The van der Waals surface area contributed by atoms with E-state index in [0.29, 0.717) is 11.3 Å². The van der Waals surface area contributed by atoms with Gasteiger partial charge >= 0.3 is 0 Å². The van der Waals surface area contributed by atoms with Crippen molar-refractivity contribution in [1.82, 2.24) is 10.2 Å². The van der Waals surface area contributed by atoms with Gasteiger partial charge in [0.25, 0.3) is 0 Å². The zero-order chi connectivity index (χ0) is 15.0. The second-order valence-electron chi connectivity index (χ2n) is 7.48. The predicted octanol–water partition coefficient (Wildman–Crippen LogP) is 3.31. The molecule has 2 fully saturated rings. The molecule has 1 spiro atoms. The molecule has 3 aliphatic rings. The number of amides is 1. The lowest BCUT2D eigenvalue weighted by atomic mass is 9.73. The van der Waals surface area contributed by atoms with E-state index >= 15 is 0 Å². The fourth-order valence-electron chi connectivity index (χ4n) is 4.68. The van der Waals surface area contributed by atoms with Gasteiger partial charge in [-0.05, 0) is 42.2 Å². The van der Waals surface area contributed by atoms with E-state index in [4.69, 9.17) is 0 Å². The highest BCUT2D eigenvalue weighted by molar-refractivity contribution is 5.85. The van der Waals surface area contributed by atoms with E-state index in [2.05, 4.69) is 34.5 Å². The maximum absolute atomic E-state index is 12.9. The minimum atomic E-state index is -0.0198. The quantitative estimate of drug-likeness (QED) is 0.854. The van der Waals surface area contributed by atoms with Crippen LogP contribution in [0.5, 0.6) is 0 Å². The van der Waals surface area contributed by atoms with Crippen molar-refractivity contribution in [2.75, 3.05) is 13.1 Å². The lowest BCUT2D eigenvalue weighted by molar-refractivity contribution is -0.133. The Morgan fingerprint density at radius 1 is 1.09 bits per heavy atom. The van der Waals surface area contributed by atoms with E-state index < -0.39 is 0 Å². The van der Waals surface area contributed by atoms with Crippen LogP contribution in [-0.4, -0.2) is 29.9 Å². The summed E-state index contributed by atoms with van der Waals surface area (Å²) in [6, 6.07) is 8.47. The average molecular weight is 335 g/mol.